The zero-order chi connectivity index (χ0) is 7.40. The predicted molar refractivity (Wildman–Crippen MR) is 48.2 cm³/mol. The highest BCUT2D eigenvalue weighted by Crippen LogP contribution is 2.14. The number of hydrogen-bond donors (Lipinski definition) is 1. The van der Waals surface area contributed by atoms with Gasteiger partial charge < -0.3 is 5.32 Å². The predicted octanol–water partition coefficient (Wildman–Crippen LogP) is 2.62. The van der Waals surface area contributed by atoms with Crippen LogP contribution in [0.4, 0.5) is 5.69 Å². The number of hydrogen-bond acceptors (Lipinski definition) is 1. The van der Waals surface area contributed by atoms with Crippen molar-refractivity contribution in [3.63, 3.8) is 0 Å². The van der Waals surface area contributed by atoms with Gasteiger partial charge in [0.1, 0.15) is 0 Å². The summed E-state index contributed by atoms with van der Waals surface area (Å²) >= 11 is 0. The summed E-state index contributed by atoms with van der Waals surface area (Å²) in [5.74, 6) is 0. The Balaban J connectivity index is 0.000001000. The van der Waals surface area contributed by atoms with E-state index in [0.717, 1.165) is 11.3 Å². The van der Waals surface area contributed by atoms with Crippen LogP contribution in [0.2, 0.25) is 0 Å². The molecule has 0 bridgehead atoms. The second-order valence-corrected chi connectivity index (χ2v) is 2.04. The summed E-state index contributed by atoms with van der Waals surface area (Å²) in [6.45, 7) is 3.70. The van der Waals surface area contributed by atoms with Gasteiger partial charge in [0.2, 0.25) is 0 Å². The molecule has 0 aliphatic rings. The lowest BCUT2D eigenvalue weighted by molar-refractivity contribution is 1.50. The molecule has 0 aliphatic heterocycles. The molecule has 10 heavy (non-hydrogen) atoms. The largest absolute Gasteiger partial charge is 0.388 e. The van der Waals surface area contributed by atoms with Gasteiger partial charge in [0.15, 0.2) is 0 Å². The molecule has 0 fully saturated rings. The molecule has 1 nitrogen and oxygen atoms in total. The molecule has 0 unspecified atom stereocenters. The van der Waals surface area contributed by atoms with Gasteiger partial charge in [-0.25, -0.2) is 0 Å². The van der Waals surface area contributed by atoms with Gasteiger partial charge in [0.05, 0.1) is 0 Å². The molecular weight excluding hydrogens is 122 g/mol. The first-order valence-electron chi connectivity index (χ1n) is 3.27. The van der Waals surface area contributed by atoms with Gasteiger partial charge in [-0.2, -0.15) is 0 Å². The van der Waals surface area contributed by atoms with Crippen LogP contribution in [0.1, 0.15) is 6.99 Å². The third-order valence-electron chi connectivity index (χ3n) is 1.45. The van der Waals surface area contributed by atoms with Crippen molar-refractivity contribution in [1.82, 2.24) is 0 Å². The average molecular weight is 135 g/mol. The van der Waals surface area contributed by atoms with Crippen LogP contribution in [-0.2, 0) is 0 Å². The Morgan fingerprint density at radius 1 is 1.50 bits per heavy atom. The average Bonchev–Trinajstić information content (AvgIpc) is 2.04. The van der Waals surface area contributed by atoms with E-state index in [0.29, 0.717) is 0 Å². The SMILES string of the molecule is C=Cc1ccccc1NC.[HH]. The normalized spacial score (nSPS) is 8.90. The summed E-state index contributed by atoms with van der Waals surface area (Å²) in [7, 11) is 1.91. The van der Waals surface area contributed by atoms with E-state index in [9.17, 15) is 0 Å². The van der Waals surface area contributed by atoms with Crippen molar-refractivity contribution < 1.29 is 1.43 Å². The summed E-state index contributed by atoms with van der Waals surface area (Å²) < 4.78 is 0. The quantitative estimate of drug-likeness (QED) is 0.657. The molecule has 1 aromatic carbocycles. The molecule has 0 saturated carbocycles. The number of rotatable bonds is 2. The third-order valence-corrected chi connectivity index (χ3v) is 1.45. The molecule has 1 aromatic rings. The van der Waals surface area contributed by atoms with Crippen molar-refractivity contribution in [3.8, 4) is 0 Å². The molecule has 0 aliphatic carbocycles. The van der Waals surface area contributed by atoms with E-state index in [2.05, 4.69) is 11.9 Å². The molecule has 0 saturated heterocycles. The van der Waals surface area contributed by atoms with Crippen LogP contribution >= 0.6 is 0 Å². The molecule has 0 spiro atoms. The maximum absolute atomic E-state index is 3.70. The summed E-state index contributed by atoms with van der Waals surface area (Å²) in [5.41, 5.74) is 2.27. The van der Waals surface area contributed by atoms with E-state index in [-0.39, 0.29) is 1.43 Å². The van der Waals surface area contributed by atoms with Gasteiger partial charge in [0.25, 0.3) is 0 Å². The van der Waals surface area contributed by atoms with Gasteiger partial charge in [-0.1, -0.05) is 30.9 Å². The summed E-state index contributed by atoms with van der Waals surface area (Å²) in [4.78, 5) is 0. The first-order chi connectivity index (χ1) is 4.88. The molecule has 0 atom stereocenters. The van der Waals surface area contributed by atoms with Crippen LogP contribution < -0.4 is 5.32 Å². The Bertz CT molecular complexity index is 233. The molecule has 1 N–H and O–H groups in total. The fraction of sp³-hybridized carbons (Fsp3) is 0.111. The highest BCUT2D eigenvalue weighted by molar-refractivity contribution is 5.64. The number of nitrogens with one attached hydrogen (secondary N) is 1. The Morgan fingerprint density at radius 3 is 2.70 bits per heavy atom. The highest BCUT2D eigenvalue weighted by Gasteiger charge is 1.91. The second kappa shape index (κ2) is 3.06. The Kier molecular flexibility index (Phi) is 2.11. The van der Waals surface area contributed by atoms with E-state index in [1.807, 2.05) is 37.4 Å². The van der Waals surface area contributed by atoms with E-state index in [1.165, 1.54) is 0 Å². The Hall–Kier alpha value is -1.24. The van der Waals surface area contributed by atoms with Crippen molar-refractivity contribution in [2.24, 2.45) is 0 Å². The van der Waals surface area contributed by atoms with E-state index in [1.54, 1.807) is 0 Å². The summed E-state index contributed by atoms with van der Waals surface area (Å²) in [6.07, 6.45) is 1.84. The van der Waals surface area contributed by atoms with Crippen molar-refractivity contribution in [2.75, 3.05) is 12.4 Å². The molecular formula is C9H13N. The van der Waals surface area contributed by atoms with Gasteiger partial charge in [-0.15, -0.1) is 0 Å². The first kappa shape index (κ1) is 6.87. The van der Waals surface area contributed by atoms with Crippen LogP contribution in [0.25, 0.3) is 6.08 Å². The van der Waals surface area contributed by atoms with Crippen molar-refractivity contribution in [1.29, 1.82) is 0 Å². The molecule has 0 heterocycles. The number of anilines is 1. The molecule has 1 rings (SSSR count). The van der Waals surface area contributed by atoms with Gasteiger partial charge in [-0.05, 0) is 11.6 Å². The van der Waals surface area contributed by atoms with Gasteiger partial charge in [-0.3, -0.25) is 0 Å². The van der Waals surface area contributed by atoms with E-state index >= 15 is 0 Å². The molecule has 0 aromatic heterocycles. The van der Waals surface area contributed by atoms with Crippen molar-refractivity contribution in [3.05, 3.63) is 36.4 Å². The Morgan fingerprint density at radius 2 is 2.20 bits per heavy atom. The number of benzene rings is 1. The van der Waals surface area contributed by atoms with Gasteiger partial charge >= 0.3 is 0 Å². The minimum atomic E-state index is 0. The van der Waals surface area contributed by atoms with Gasteiger partial charge in [0, 0.05) is 14.2 Å². The summed E-state index contributed by atoms with van der Waals surface area (Å²) in [5, 5.41) is 3.08. The maximum Gasteiger partial charge on any atom is 0.0410 e. The highest BCUT2D eigenvalue weighted by atomic mass is 14.8. The van der Waals surface area contributed by atoms with Crippen LogP contribution in [0.3, 0.4) is 0 Å². The fourth-order valence-electron chi connectivity index (χ4n) is 0.903. The van der Waals surface area contributed by atoms with Crippen LogP contribution in [0, 0.1) is 0 Å². The van der Waals surface area contributed by atoms with Crippen LogP contribution in [-0.4, -0.2) is 7.05 Å². The van der Waals surface area contributed by atoms with Crippen molar-refractivity contribution >= 4 is 11.8 Å². The number of para-hydroxylation sites is 1. The maximum atomic E-state index is 3.70. The third kappa shape index (κ3) is 1.18. The lowest BCUT2D eigenvalue weighted by atomic mass is 10.2. The summed E-state index contributed by atoms with van der Waals surface area (Å²) in [6, 6.07) is 8.05. The van der Waals surface area contributed by atoms with Crippen LogP contribution in [0.15, 0.2) is 30.8 Å². The molecule has 0 amide bonds. The lowest BCUT2D eigenvalue weighted by Crippen LogP contribution is -1.89. The zero-order valence-corrected chi connectivity index (χ0v) is 6.09. The topological polar surface area (TPSA) is 12.0 Å². The molecule has 54 valence electrons. The smallest absolute Gasteiger partial charge is 0.0410 e. The van der Waals surface area contributed by atoms with E-state index in [4.69, 9.17) is 0 Å². The van der Waals surface area contributed by atoms with Crippen LogP contribution in [0.5, 0.6) is 0 Å². The molecule has 1 heteroatoms. The zero-order valence-electron chi connectivity index (χ0n) is 6.09. The first-order valence-corrected chi connectivity index (χ1v) is 3.27. The fourth-order valence-corrected chi connectivity index (χ4v) is 0.903. The molecule has 0 radical (unpaired) electrons. The monoisotopic (exact) mass is 135 g/mol. The van der Waals surface area contributed by atoms with E-state index < -0.39 is 0 Å². The second-order valence-electron chi connectivity index (χ2n) is 2.04. The Labute approximate surface area is 62.9 Å². The minimum absolute atomic E-state index is 0. The standard InChI is InChI=1S/C9H11N.H2/c1-3-8-6-4-5-7-9(8)10-2;/h3-7,10H,1H2,2H3;1H. The van der Waals surface area contributed by atoms with Crippen molar-refractivity contribution in [2.45, 2.75) is 0 Å². The lowest BCUT2D eigenvalue weighted by Gasteiger charge is -2.02. The minimum Gasteiger partial charge on any atom is -0.388 e.